The van der Waals surface area contributed by atoms with Gasteiger partial charge in [-0.2, -0.15) is 0 Å². The molecule has 1 atom stereocenters. The van der Waals surface area contributed by atoms with Gasteiger partial charge in [0.25, 0.3) is 5.69 Å². The molecule has 154 valence electrons. The van der Waals surface area contributed by atoms with Crippen molar-refractivity contribution >= 4 is 23.9 Å². The number of nitro benzene ring substituents is 1. The van der Waals surface area contributed by atoms with E-state index in [9.17, 15) is 24.5 Å². The number of rotatable bonds is 7. The third kappa shape index (κ3) is 8.34. The Kier molecular flexibility index (Phi) is 8.17. The number of amides is 1. The number of carbonyl (C=O) groups is 3. The number of alkyl carbamates (subject to hydrolysis) is 1. The molecule has 0 aliphatic rings. The van der Waals surface area contributed by atoms with E-state index in [4.69, 9.17) is 18.9 Å². The molecule has 0 heterocycles. The highest BCUT2D eigenvalue weighted by molar-refractivity contribution is 5.82. The quantitative estimate of drug-likeness (QED) is 0.241. The van der Waals surface area contributed by atoms with E-state index in [2.05, 4.69) is 5.32 Å². The third-order valence-electron chi connectivity index (χ3n) is 2.88. The van der Waals surface area contributed by atoms with Gasteiger partial charge < -0.3 is 24.3 Å². The highest BCUT2D eigenvalue weighted by Crippen LogP contribution is 2.17. The van der Waals surface area contributed by atoms with Gasteiger partial charge in [-0.1, -0.05) is 0 Å². The first-order valence-corrected chi connectivity index (χ1v) is 8.27. The van der Waals surface area contributed by atoms with Gasteiger partial charge in [-0.25, -0.2) is 14.4 Å². The van der Waals surface area contributed by atoms with E-state index in [1.807, 2.05) is 0 Å². The molecule has 0 bridgehead atoms. The smallest absolute Gasteiger partial charge is 0.464 e. The Hall–Kier alpha value is -3.37. The lowest BCUT2D eigenvalue weighted by Crippen LogP contribution is -2.47. The van der Waals surface area contributed by atoms with E-state index in [-0.39, 0.29) is 18.0 Å². The van der Waals surface area contributed by atoms with Crippen LogP contribution in [-0.4, -0.2) is 48.0 Å². The summed E-state index contributed by atoms with van der Waals surface area (Å²) in [6.07, 6.45) is -2.06. The van der Waals surface area contributed by atoms with Crippen LogP contribution in [0.3, 0.4) is 0 Å². The van der Waals surface area contributed by atoms with Crippen LogP contribution in [0.4, 0.5) is 15.3 Å². The fraction of sp³-hybridized carbons (Fsp3) is 0.471. The van der Waals surface area contributed by atoms with Crippen molar-refractivity contribution in [3.05, 3.63) is 34.4 Å². The van der Waals surface area contributed by atoms with Gasteiger partial charge in [0.05, 0.1) is 11.5 Å². The highest BCUT2D eigenvalue weighted by Gasteiger charge is 2.27. The zero-order valence-corrected chi connectivity index (χ0v) is 15.9. The van der Waals surface area contributed by atoms with Crippen LogP contribution >= 0.6 is 0 Å². The van der Waals surface area contributed by atoms with Crippen LogP contribution in [0, 0.1) is 10.1 Å². The number of nitrogens with zero attached hydrogens (tertiary/aromatic N) is 1. The zero-order chi connectivity index (χ0) is 21.3. The molecule has 1 rings (SSSR count). The average molecular weight is 398 g/mol. The normalized spacial score (nSPS) is 11.7. The van der Waals surface area contributed by atoms with Crippen molar-refractivity contribution < 1.29 is 38.3 Å². The number of non-ortho nitro benzene ring substituents is 1. The average Bonchev–Trinajstić information content (AvgIpc) is 2.57. The lowest BCUT2D eigenvalue weighted by molar-refractivity contribution is -0.384. The molecule has 0 saturated heterocycles. The molecule has 0 aliphatic heterocycles. The van der Waals surface area contributed by atoms with Crippen molar-refractivity contribution in [2.75, 3.05) is 13.2 Å². The molecule has 0 radical (unpaired) electrons. The van der Waals surface area contributed by atoms with Crippen molar-refractivity contribution in [2.45, 2.75) is 39.3 Å². The van der Waals surface area contributed by atoms with Crippen LogP contribution in [0.25, 0.3) is 0 Å². The van der Waals surface area contributed by atoms with Crippen molar-refractivity contribution in [2.24, 2.45) is 0 Å². The molecule has 11 heteroatoms. The van der Waals surface area contributed by atoms with Gasteiger partial charge in [-0.3, -0.25) is 10.1 Å². The summed E-state index contributed by atoms with van der Waals surface area (Å²) in [5, 5.41) is 12.8. The highest BCUT2D eigenvalue weighted by atomic mass is 16.7. The van der Waals surface area contributed by atoms with Crippen LogP contribution < -0.4 is 10.1 Å². The monoisotopic (exact) mass is 398 g/mol. The Balaban J connectivity index is 2.64. The van der Waals surface area contributed by atoms with E-state index in [1.165, 1.54) is 12.1 Å². The van der Waals surface area contributed by atoms with Crippen LogP contribution in [0.1, 0.15) is 27.7 Å². The summed E-state index contributed by atoms with van der Waals surface area (Å²) < 4.78 is 19.5. The summed E-state index contributed by atoms with van der Waals surface area (Å²) in [5.41, 5.74) is -0.969. The van der Waals surface area contributed by atoms with Gasteiger partial charge in [0.15, 0.2) is 6.04 Å². The van der Waals surface area contributed by atoms with Crippen LogP contribution in [-0.2, 0) is 19.0 Å². The predicted octanol–water partition coefficient (Wildman–Crippen LogP) is 2.57. The van der Waals surface area contributed by atoms with E-state index < -0.39 is 41.4 Å². The maximum absolute atomic E-state index is 11.9. The topological polar surface area (TPSA) is 143 Å². The number of esters is 1. The third-order valence-corrected chi connectivity index (χ3v) is 2.88. The minimum atomic E-state index is -1.31. The zero-order valence-electron chi connectivity index (χ0n) is 15.9. The first-order chi connectivity index (χ1) is 13.0. The first kappa shape index (κ1) is 22.7. The Morgan fingerprint density at radius 3 is 2.25 bits per heavy atom. The van der Waals surface area contributed by atoms with Crippen molar-refractivity contribution in [1.29, 1.82) is 0 Å². The first-order valence-electron chi connectivity index (χ1n) is 8.27. The van der Waals surface area contributed by atoms with Crippen LogP contribution in [0.2, 0.25) is 0 Å². The van der Waals surface area contributed by atoms with E-state index >= 15 is 0 Å². The molecular formula is C17H22N2O9. The maximum atomic E-state index is 11.9. The summed E-state index contributed by atoms with van der Waals surface area (Å²) in [4.78, 5) is 45.5. The summed E-state index contributed by atoms with van der Waals surface area (Å²) in [6.45, 7) is 5.99. The fourth-order valence-electron chi connectivity index (χ4n) is 1.77. The van der Waals surface area contributed by atoms with Gasteiger partial charge in [0.2, 0.25) is 0 Å². The number of hydrogen-bond acceptors (Lipinski definition) is 9. The standard InChI is InChI=1S/C17H22N2O9/c1-5-25-14(20)13(18-15(21)28-17(2,3)4)10-26-16(22)27-12-8-6-11(7-9-12)19(23)24/h6-9,13H,5,10H2,1-4H3,(H,18,21). The molecule has 0 fully saturated rings. The molecule has 1 unspecified atom stereocenters. The molecule has 1 aromatic carbocycles. The molecule has 1 N–H and O–H groups in total. The number of carbonyl (C=O) groups excluding carboxylic acids is 3. The van der Waals surface area contributed by atoms with Gasteiger partial charge in [-0.05, 0) is 39.8 Å². The maximum Gasteiger partial charge on any atom is 0.513 e. The molecule has 11 nitrogen and oxygen atoms in total. The number of hydrogen-bond donors (Lipinski definition) is 1. The van der Waals surface area contributed by atoms with Crippen molar-refractivity contribution in [1.82, 2.24) is 5.32 Å². The molecule has 28 heavy (non-hydrogen) atoms. The summed E-state index contributed by atoms with van der Waals surface area (Å²) >= 11 is 0. The Morgan fingerprint density at radius 2 is 1.75 bits per heavy atom. The second-order valence-electron chi connectivity index (χ2n) is 6.36. The van der Waals surface area contributed by atoms with Gasteiger partial charge >= 0.3 is 18.2 Å². The second kappa shape index (κ2) is 10.1. The number of nitrogens with one attached hydrogen (secondary N) is 1. The number of nitro groups is 1. The second-order valence-corrected chi connectivity index (χ2v) is 6.36. The number of ether oxygens (including phenoxy) is 4. The lowest BCUT2D eigenvalue weighted by atomic mass is 10.2. The number of benzene rings is 1. The van der Waals surface area contributed by atoms with E-state index in [0.29, 0.717) is 0 Å². The molecule has 0 saturated carbocycles. The van der Waals surface area contributed by atoms with Crippen LogP contribution in [0.15, 0.2) is 24.3 Å². The van der Waals surface area contributed by atoms with E-state index in [1.54, 1.807) is 27.7 Å². The largest absolute Gasteiger partial charge is 0.513 e. The Bertz CT molecular complexity index is 710. The lowest BCUT2D eigenvalue weighted by Gasteiger charge is -2.22. The van der Waals surface area contributed by atoms with Crippen molar-refractivity contribution in [3.8, 4) is 5.75 Å². The Labute approximate surface area is 161 Å². The minimum absolute atomic E-state index is 0.00314. The summed E-state index contributed by atoms with van der Waals surface area (Å²) in [5.74, 6) is -0.820. The fourth-order valence-corrected chi connectivity index (χ4v) is 1.77. The van der Waals surface area contributed by atoms with Crippen molar-refractivity contribution in [3.63, 3.8) is 0 Å². The van der Waals surface area contributed by atoms with Crippen LogP contribution in [0.5, 0.6) is 5.75 Å². The molecule has 1 amide bonds. The summed E-state index contributed by atoms with van der Waals surface area (Å²) in [7, 11) is 0. The Morgan fingerprint density at radius 1 is 1.14 bits per heavy atom. The van der Waals surface area contributed by atoms with Gasteiger partial charge in [0, 0.05) is 12.1 Å². The molecule has 0 aromatic heterocycles. The van der Waals surface area contributed by atoms with Gasteiger partial charge in [-0.15, -0.1) is 0 Å². The summed E-state index contributed by atoms with van der Waals surface area (Å²) in [6, 6.07) is 3.41. The van der Waals surface area contributed by atoms with E-state index in [0.717, 1.165) is 12.1 Å². The SMILES string of the molecule is CCOC(=O)C(COC(=O)Oc1ccc([N+](=O)[O-])cc1)NC(=O)OC(C)(C)C. The molecule has 1 aromatic rings. The predicted molar refractivity (Wildman–Crippen MR) is 94.9 cm³/mol. The molecule has 0 spiro atoms. The minimum Gasteiger partial charge on any atom is -0.464 e. The molecular weight excluding hydrogens is 376 g/mol. The van der Waals surface area contributed by atoms with Gasteiger partial charge in [0.1, 0.15) is 18.0 Å². The molecule has 0 aliphatic carbocycles.